The Balaban J connectivity index is 1.84. The Morgan fingerprint density at radius 2 is 1.96 bits per heavy atom. The molecule has 0 radical (unpaired) electrons. The summed E-state index contributed by atoms with van der Waals surface area (Å²) in [5.74, 6) is 1.07. The highest BCUT2D eigenvalue weighted by molar-refractivity contribution is 6.30. The van der Waals surface area contributed by atoms with Crippen LogP contribution in [0, 0.1) is 0 Å². The molecule has 8 heteroatoms. The van der Waals surface area contributed by atoms with Gasteiger partial charge in [-0.25, -0.2) is 14.8 Å². The van der Waals surface area contributed by atoms with E-state index < -0.39 is 12.1 Å². The average Bonchev–Trinajstić information content (AvgIpc) is 3.00. The molecular formula is C16H15ClN6O. The fourth-order valence-corrected chi connectivity index (χ4v) is 2.38. The molecule has 0 aliphatic heterocycles. The van der Waals surface area contributed by atoms with E-state index in [9.17, 15) is 4.79 Å². The summed E-state index contributed by atoms with van der Waals surface area (Å²) in [6.07, 6.45) is 8.01. The van der Waals surface area contributed by atoms with Crippen LogP contribution < -0.4 is 10.6 Å². The van der Waals surface area contributed by atoms with Crippen molar-refractivity contribution < 1.29 is 4.79 Å². The fraction of sp³-hybridized carbons (Fsp3) is 0.125. The molecule has 0 saturated heterocycles. The van der Waals surface area contributed by atoms with Crippen LogP contribution >= 0.6 is 11.6 Å². The lowest BCUT2D eigenvalue weighted by atomic mass is 10.1. The van der Waals surface area contributed by atoms with Crippen LogP contribution in [0.1, 0.15) is 17.4 Å². The Morgan fingerprint density at radius 3 is 2.58 bits per heavy atom. The highest BCUT2D eigenvalue weighted by atomic mass is 35.5. The number of nitrogens with one attached hydrogen (secondary N) is 2. The smallest absolute Gasteiger partial charge is 0.321 e. The van der Waals surface area contributed by atoms with Crippen LogP contribution in [0.25, 0.3) is 0 Å². The van der Waals surface area contributed by atoms with Crippen molar-refractivity contribution in [3.05, 3.63) is 71.7 Å². The zero-order valence-electron chi connectivity index (χ0n) is 12.8. The molecule has 1 unspecified atom stereocenters. The first-order valence-corrected chi connectivity index (χ1v) is 7.57. The summed E-state index contributed by atoms with van der Waals surface area (Å²) >= 11 is 5.95. The summed E-state index contributed by atoms with van der Waals surface area (Å²) in [6, 6.07) is 6.41. The van der Waals surface area contributed by atoms with E-state index in [1.165, 1.54) is 18.6 Å². The molecule has 0 aliphatic carbocycles. The van der Waals surface area contributed by atoms with Gasteiger partial charge in [-0.1, -0.05) is 23.7 Å². The van der Waals surface area contributed by atoms with Gasteiger partial charge in [0.15, 0.2) is 5.82 Å². The molecule has 7 nitrogen and oxygen atoms in total. The minimum Gasteiger partial charge on any atom is -0.336 e. The number of rotatable bonds is 4. The van der Waals surface area contributed by atoms with Gasteiger partial charge in [0.2, 0.25) is 0 Å². The topological polar surface area (TPSA) is 84.7 Å². The number of anilines is 1. The average molecular weight is 343 g/mol. The third kappa shape index (κ3) is 3.69. The predicted octanol–water partition coefficient (Wildman–Crippen LogP) is 2.77. The van der Waals surface area contributed by atoms with E-state index in [0.717, 1.165) is 5.56 Å². The van der Waals surface area contributed by atoms with Crippen molar-refractivity contribution in [2.45, 2.75) is 6.04 Å². The summed E-state index contributed by atoms with van der Waals surface area (Å²) in [5.41, 5.74) is 0.864. The minimum absolute atomic E-state index is 0.365. The monoisotopic (exact) mass is 342 g/mol. The molecule has 0 saturated carbocycles. The Labute approximate surface area is 143 Å². The van der Waals surface area contributed by atoms with Crippen LogP contribution in [0.4, 0.5) is 10.6 Å². The Kier molecular flexibility index (Phi) is 4.72. The molecule has 0 aliphatic rings. The fourth-order valence-electron chi connectivity index (χ4n) is 2.25. The van der Waals surface area contributed by atoms with Gasteiger partial charge in [-0.2, -0.15) is 0 Å². The first kappa shape index (κ1) is 15.9. The number of imidazole rings is 1. The number of aromatic nitrogens is 4. The second-order valence-electron chi connectivity index (χ2n) is 5.07. The summed E-state index contributed by atoms with van der Waals surface area (Å²) < 4.78 is 1.85. The van der Waals surface area contributed by atoms with Crippen molar-refractivity contribution in [3.8, 4) is 0 Å². The highest BCUT2D eigenvalue weighted by Crippen LogP contribution is 2.22. The maximum Gasteiger partial charge on any atom is 0.321 e. The number of hydrogen-bond acceptors (Lipinski definition) is 4. The molecule has 0 fully saturated rings. The van der Waals surface area contributed by atoms with Gasteiger partial charge < -0.3 is 9.88 Å². The van der Waals surface area contributed by atoms with E-state index in [2.05, 4.69) is 25.6 Å². The number of amides is 2. The van der Waals surface area contributed by atoms with Crippen molar-refractivity contribution in [1.82, 2.24) is 24.8 Å². The van der Waals surface area contributed by atoms with Gasteiger partial charge in [0.25, 0.3) is 0 Å². The number of hydrogen-bond donors (Lipinski definition) is 2. The number of benzene rings is 1. The van der Waals surface area contributed by atoms with Gasteiger partial charge in [-0.15, -0.1) is 0 Å². The van der Waals surface area contributed by atoms with Crippen LogP contribution in [-0.2, 0) is 7.05 Å². The lowest BCUT2D eigenvalue weighted by Gasteiger charge is -2.19. The van der Waals surface area contributed by atoms with Crippen LogP contribution in [0.2, 0.25) is 5.02 Å². The Morgan fingerprint density at radius 1 is 1.17 bits per heavy atom. The maximum absolute atomic E-state index is 12.3. The Bertz CT molecular complexity index is 818. The number of halogens is 1. The van der Waals surface area contributed by atoms with Gasteiger partial charge in [0, 0.05) is 36.9 Å². The molecule has 1 atom stereocenters. The summed E-state index contributed by atoms with van der Waals surface area (Å²) in [7, 11) is 1.87. The largest absolute Gasteiger partial charge is 0.336 e. The molecule has 3 aromatic rings. The van der Waals surface area contributed by atoms with Crippen LogP contribution in [0.15, 0.2) is 55.2 Å². The SMILES string of the molecule is Cn1ccnc1C(NC(=O)Nc1cnccn1)c1ccc(Cl)cc1. The van der Waals surface area contributed by atoms with Gasteiger partial charge in [-0.3, -0.25) is 10.3 Å². The second kappa shape index (κ2) is 7.10. The molecule has 3 rings (SSSR count). The van der Waals surface area contributed by atoms with Crippen molar-refractivity contribution in [1.29, 1.82) is 0 Å². The lowest BCUT2D eigenvalue weighted by Crippen LogP contribution is -2.34. The number of carbonyl (C=O) groups excluding carboxylic acids is 1. The standard InChI is InChI=1S/C16H15ClN6O/c1-23-9-8-20-15(23)14(11-2-4-12(17)5-3-11)22-16(24)21-13-10-18-6-7-19-13/h2-10,14H,1H3,(H2,19,21,22,24). The lowest BCUT2D eigenvalue weighted by molar-refractivity contribution is 0.249. The number of aryl methyl sites for hydroxylation is 1. The predicted molar refractivity (Wildman–Crippen MR) is 90.7 cm³/mol. The van der Waals surface area contributed by atoms with E-state index in [-0.39, 0.29) is 0 Å². The van der Waals surface area contributed by atoms with Gasteiger partial charge >= 0.3 is 6.03 Å². The molecule has 24 heavy (non-hydrogen) atoms. The van der Waals surface area contributed by atoms with E-state index in [4.69, 9.17) is 11.6 Å². The van der Waals surface area contributed by atoms with Crippen molar-refractivity contribution in [2.75, 3.05) is 5.32 Å². The van der Waals surface area contributed by atoms with Crippen LogP contribution in [-0.4, -0.2) is 25.6 Å². The van der Waals surface area contributed by atoms with E-state index >= 15 is 0 Å². The van der Waals surface area contributed by atoms with Crippen molar-refractivity contribution >= 4 is 23.4 Å². The highest BCUT2D eigenvalue weighted by Gasteiger charge is 2.21. The van der Waals surface area contributed by atoms with Crippen molar-refractivity contribution in [2.24, 2.45) is 7.05 Å². The third-order valence-electron chi connectivity index (χ3n) is 3.40. The molecule has 2 aromatic heterocycles. The van der Waals surface area contributed by atoms with Crippen LogP contribution in [0.5, 0.6) is 0 Å². The third-order valence-corrected chi connectivity index (χ3v) is 3.65. The minimum atomic E-state index is -0.432. The molecule has 2 amide bonds. The van der Waals surface area contributed by atoms with Gasteiger partial charge in [0.05, 0.1) is 6.20 Å². The zero-order valence-corrected chi connectivity index (χ0v) is 13.6. The zero-order chi connectivity index (χ0) is 16.9. The van der Waals surface area contributed by atoms with Gasteiger partial charge in [0.1, 0.15) is 11.9 Å². The number of nitrogens with zero attached hydrogens (tertiary/aromatic N) is 4. The first-order chi connectivity index (χ1) is 11.6. The molecule has 0 bridgehead atoms. The normalized spacial score (nSPS) is 11.8. The van der Waals surface area contributed by atoms with Gasteiger partial charge in [-0.05, 0) is 17.7 Å². The van der Waals surface area contributed by atoms with E-state index in [1.807, 2.05) is 29.9 Å². The number of urea groups is 1. The summed E-state index contributed by atoms with van der Waals surface area (Å²) in [4.78, 5) is 24.6. The molecule has 0 spiro atoms. The summed E-state index contributed by atoms with van der Waals surface area (Å²) in [5, 5.41) is 6.17. The molecular weight excluding hydrogens is 328 g/mol. The van der Waals surface area contributed by atoms with Crippen LogP contribution in [0.3, 0.4) is 0 Å². The maximum atomic E-state index is 12.3. The quantitative estimate of drug-likeness (QED) is 0.763. The summed E-state index contributed by atoms with van der Waals surface area (Å²) in [6.45, 7) is 0. The van der Waals surface area contributed by atoms with E-state index in [0.29, 0.717) is 16.7 Å². The second-order valence-corrected chi connectivity index (χ2v) is 5.51. The van der Waals surface area contributed by atoms with Crippen molar-refractivity contribution in [3.63, 3.8) is 0 Å². The molecule has 2 heterocycles. The van der Waals surface area contributed by atoms with E-state index in [1.54, 1.807) is 18.3 Å². The number of carbonyl (C=O) groups is 1. The molecule has 122 valence electrons. The molecule has 2 N–H and O–H groups in total. The first-order valence-electron chi connectivity index (χ1n) is 7.19. The Hall–Kier alpha value is -2.93. The molecule has 1 aromatic carbocycles.